The topological polar surface area (TPSA) is 37.3 Å². The molecule has 0 aliphatic rings. The van der Waals surface area contributed by atoms with E-state index >= 15 is 0 Å². The Hall–Kier alpha value is -1.05. The molecule has 68 valence electrons. The Kier molecular flexibility index (Phi) is 7.35. The molecule has 0 amide bonds. The smallest absolute Gasteiger partial charge is 0.307 e. The first-order valence-electron chi connectivity index (χ1n) is 4.30. The summed E-state index contributed by atoms with van der Waals surface area (Å²) in [6.45, 7) is 2.15. The van der Waals surface area contributed by atoms with Crippen molar-refractivity contribution in [3.63, 3.8) is 0 Å². The highest BCUT2D eigenvalue weighted by Crippen LogP contribution is 1.95. The van der Waals surface area contributed by atoms with E-state index in [1.165, 1.54) is 12.8 Å². The molecule has 12 heavy (non-hydrogen) atoms. The number of carboxylic acid groups (broad SMARTS) is 1. The van der Waals surface area contributed by atoms with Crippen molar-refractivity contribution in [3.05, 3.63) is 24.3 Å². The normalized spacial score (nSPS) is 11.4. The Morgan fingerprint density at radius 3 is 2.58 bits per heavy atom. The second-order valence-corrected chi connectivity index (χ2v) is 2.60. The van der Waals surface area contributed by atoms with Crippen molar-refractivity contribution in [2.45, 2.75) is 32.6 Å². The number of carboxylic acids is 1. The molecule has 2 nitrogen and oxygen atoms in total. The maximum atomic E-state index is 10.1. The van der Waals surface area contributed by atoms with Crippen LogP contribution in [0.4, 0.5) is 0 Å². The third kappa shape index (κ3) is 8.95. The molecular weight excluding hydrogens is 152 g/mol. The average molecular weight is 168 g/mol. The SMILES string of the molecule is CCCC/C=C/C=C/CC(=O)O. The van der Waals surface area contributed by atoms with Crippen LogP contribution in [0.5, 0.6) is 0 Å². The van der Waals surface area contributed by atoms with Crippen LogP contribution >= 0.6 is 0 Å². The molecule has 0 saturated carbocycles. The van der Waals surface area contributed by atoms with Gasteiger partial charge in [-0.25, -0.2) is 0 Å². The third-order valence-electron chi connectivity index (χ3n) is 1.40. The fraction of sp³-hybridized carbons (Fsp3) is 0.500. The summed E-state index contributed by atoms with van der Waals surface area (Å²) in [5.41, 5.74) is 0. The predicted octanol–water partition coefficient (Wildman–Crippen LogP) is 2.76. The molecule has 0 heterocycles. The van der Waals surface area contributed by atoms with Gasteiger partial charge in [0.1, 0.15) is 0 Å². The van der Waals surface area contributed by atoms with Crippen LogP contribution in [-0.2, 0) is 4.79 Å². The fourth-order valence-electron chi connectivity index (χ4n) is 0.744. The number of carbonyl (C=O) groups is 1. The van der Waals surface area contributed by atoms with Gasteiger partial charge in [-0.1, -0.05) is 44.1 Å². The van der Waals surface area contributed by atoms with Crippen LogP contribution < -0.4 is 0 Å². The highest BCUT2D eigenvalue weighted by molar-refractivity contribution is 5.68. The Balaban J connectivity index is 3.33. The van der Waals surface area contributed by atoms with Crippen molar-refractivity contribution in [3.8, 4) is 0 Å². The second kappa shape index (κ2) is 8.05. The summed E-state index contributed by atoms with van der Waals surface area (Å²) in [5, 5.41) is 8.28. The van der Waals surface area contributed by atoms with Crippen LogP contribution in [0.15, 0.2) is 24.3 Å². The lowest BCUT2D eigenvalue weighted by atomic mass is 10.2. The van der Waals surface area contributed by atoms with Gasteiger partial charge in [-0.15, -0.1) is 0 Å². The summed E-state index contributed by atoms with van der Waals surface area (Å²) >= 11 is 0. The lowest BCUT2D eigenvalue weighted by Gasteiger charge is -1.85. The van der Waals surface area contributed by atoms with Crippen molar-refractivity contribution < 1.29 is 9.90 Å². The van der Waals surface area contributed by atoms with Gasteiger partial charge in [0.15, 0.2) is 0 Å². The summed E-state index contributed by atoms with van der Waals surface area (Å²) in [5.74, 6) is -0.784. The summed E-state index contributed by atoms with van der Waals surface area (Å²) in [6.07, 6.45) is 11.0. The van der Waals surface area contributed by atoms with Gasteiger partial charge >= 0.3 is 5.97 Å². The number of rotatable bonds is 6. The zero-order valence-electron chi connectivity index (χ0n) is 7.49. The Bertz CT molecular complexity index is 169. The first-order chi connectivity index (χ1) is 5.77. The molecule has 0 spiro atoms. The van der Waals surface area contributed by atoms with Gasteiger partial charge in [0.05, 0.1) is 6.42 Å². The number of allylic oxidation sites excluding steroid dienone is 3. The van der Waals surface area contributed by atoms with Crippen LogP contribution in [0.2, 0.25) is 0 Å². The van der Waals surface area contributed by atoms with Gasteiger partial charge in [-0.2, -0.15) is 0 Å². The molecule has 0 aliphatic heterocycles. The monoisotopic (exact) mass is 168 g/mol. The second-order valence-electron chi connectivity index (χ2n) is 2.60. The third-order valence-corrected chi connectivity index (χ3v) is 1.40. The van der Waals surface area contributed by atoms with Crippen LogP contribution in [0.1, 0.15) is 32.6 Å². The molecular formula is C10H16O2. The van der Waals surface area contributed by atoms with E-state index in [-0.39, 0.29) is 6.42 Å². The maximum Gasteiger partial charge on any atom is 0.307 e. The van der Waals surface area contributed by atoms with E-state index in [2.05, 4.69) is 13.0 Å². The minimum absolute atomic E-state index is 0.109. The van der Waals surface area contributed by atoms with Crippen molar-refractivity contribution in [1.82, 2.24) is 0 Å². The lowest BCUT2D eigenvalue weighted by Crippen LogP contribution is -1.89. The summed E-state index contributed by atoms with van der Waals surface area (Å²) in [6, 6.07) is 0. The van der Waals surface area contributed by atoms with E-state index in [9.17, 15) is 4.79 Å². The van der Waals surface area contributed by atoms with E-state index in [0.29, 0.717) is 0 Å². The van der Waals surface area contributed by atoms with Gasteiger partial charge in [-0.05, 0) is 6.42 Å². The fourth-order valence-corrected chi connectivity index (χ4v) is 0.744. The average Bonchev–Trinajstić information content (AvgIpc) is 2.02. The molecule has 0 atom stereocenters. The van der Waals surface area contributed by atoms with Gasteiger partial charge in [0.25, 0.3) is 0 Å². The standard InChI is InChI=1S/C10H16O2/c1-2-3-4-5-6-7-8-9-10(11)12/h5-8H,2-4,9H2,1H3,(H,11,12)/b6-5+,8-7+. The van der Waals surface area contributed by atoms with Gasteiger partial charge < -0.3 is 5.11 Å². The molecule has 0 aromatic carbocycles. The van der Waals surface area contributed by atoms with Gasteiger partial charge in [-0.3, -0.25) is 4.79 Å². The zero-order chi connectivity index (χ0) is 9.23. The van der Waals surface area contributed by atoms with Crippen molar-refractivity contribution in [1.29, 1.82) is 0 Å². The van der Waals surface area contributed by atoms with Crippen LogP contribution in [0.25, 0.3) is 0 Å². The molecule has 0 aliphatic carbocycles. The summed E-state index contributed by atoms with van der Waals surface area (Å²) in [7, 11) is 0. The van der Waals surface area contributed by atoms with Crippen molar-refractivity contribution in [2.75, 3.05) is 0 Å². The number of unbranched alkanes of at least 4 members (excludes halogenated alkanes) is 2. The van der Waals surface area contributed by atoms with Crippen LogP contribution in [-0.4, -0.2) is 11.1 Å². The molecule has 0 bridgehead atoms. The number of hydrogen-bond donors (Lipinski definition) is 1. The molecule has 0 rings (SSSR count). The van der Waals surface area contributed by atoms with Crippen molar-refractivity contribution >= 4 is 5.97 Å². The Morgan fingerprint density at radius 2 is 2.00 bits per heavy atom. The number of aliphatic carboxylic acids is 1. The molecule has 2 heteroatoms. The van der Waals surface area contributed by atoms with E-state index in [0.717, 1.165) is 6.42 Å². The van der Waals surface area contributed by atoms with Gasteiger partial charge in [0, 0.05) is 0 Å². The van der Waals surface area contributed by atoms with E-state index in [1.807, 2.05) is 6.08 Å². The molecule has 0 aromatic rings. The van der Waals surface area contributed by atoms with Crippen molar-refractivity contribution in [2.24, 2.45) is 0 Å². The minimum atomic E-state index is -0.784. The quantitative estimate of drug-likeness (QED) is 0.489. The highest BCUT2D eigenvalue weighted by Gasteiger charge is 1.86. The predicted molar refractivity (Wildman–Crippen MR) is 50.1 cm³/mol. The first kappa shape index (κ1) is 11.0. The maximum absolute atomic E-state index is 10.1. The van der Waals surface area contributed by atoms with E-state index in [1.54, 1.807) is 12.2 Å². The van der Waals surface area contributed by atoms with E-state index < -0.39 is 5.97 Å². The Morgan fingerprint density at radius 1 is 1.33 bits per heavy atom. The van der Waals surface area contributed by atoms with Crippen LogP contribution in [0, 0.1) is 0 Å². The zero-order valence-corrected chi connectivity index (χ0v) is 7.49. The minimum Gasteiger partial charge on any atom is -0.481 e. The highest BCUT2D eigenvalue weighted by atomic mass is 16.4. The number of hydrogen-bond acceptors (Lipinski definition) is 1. The van der Waals surface area contributed by atoms with Gasteiger partial charge in [0.2, 0.25) is 0 Å². The lowest BCUT2D eigenvalue weighted by molar-refractivity contribution is -0.135. The molecule has 0 radical (unpaired) electrons. The molecule has 0 unspecified atom stereocenters. The molecule has 0 aromatic heterocycles. The molecule has 0 saturated heterocycles. The largest absolute Gasteiger partial charge is 0.481 e. The van der Waals surface area contributed by atoms with E-state index in [4.69, 9.17) is 5.11 Å². The first-order valence-corrected chi connectivity index (χ1v) is 4.30. The van der Waals surface area contributed by atoms with Crippen LogP contribution in [0.3, 0.4) is 0 Å². The molecule has 1 N–H and O–H groups in total. The Labute approximate surface area is 73.6 Å². The summed E-state index contributed by atoms with van der Waals surface area (Å²) in [4.78, 5) is 10.1. The summed E-state index contributed by atoms with van der Waals surface area (Å²) < 4.78 is 0. The molecule has 0 fully saturated rings.